The molecule has 0 saturated carbocycles. The van der Waals surface area contributed by atoms with Crippen LogP contribution >= 0.6 is 0 Å². The number of fused-ring (bicyclic) bond motifs is 1. The number of nitrogens with two attached hydrogens (primary N) is 1. The van der Waals surface area contributed by atoms with Gasteiger partial charge in [-0.3, -0.25) is 4.79 Å². The van der Waals surface area contributed by atoms with Crippen molar-refractivity contribution in [2.45, 2.75) is 38.6 Å². The Bertz CT molecular complexity index is 400. The molecule has 1 heterocycles. The van der Waals surface area contributed by atoms with E-state index in [9.17, 15) is 4.79 Å². The summed E-state index contributed by atoms with van der Waals surface area (Å²) in [5.74, 6) is 0.961. The number of aromatic nitrogens is 1. The van der Waals surface area contributed by atoms with E-state index in [-0.39, 0.29) is 6.42 Å². The molecule has 1 aromatic heterocycles. The largest absolute Gasteiger partial charge is 0.480 e. The number of oxazole rings is 1. The predicted octanol–water partition coefficient (Wildman–Crippen LogP) is 0.754. The summed E-state index contributed by atoms with van der Waals surface area (Å²) in [7, 11) is 0. The number of hydrogen-bond acceptors (Lipinski definition) is 4. The number of carboxylic acids is 1. The van der Waals surface area contributed by atoms with E-state index in [1.807, 2.05) is 0 Å². The molecule has 0 saturated heterocycles. The van der Waals surface area contributed by atoms with Gasteiger partial charge < -0.3 is 15.3 Å². The zero-order chi connectivity index (χ0) is 11.7. The third-order valence-corrected chi connectivity index (χ3v) is 2.94. The molecule has 3 N–H and O–H groups in total. The van der Waals surface area contributed by atoms with Crippen LogP contribution in [0.5, 0.6) is 0 Å². The Morgan fingerprint density at radius 2 is 2.50 bits per heavy atom. The molecule has 0 aliphatic heterocycles. The fourth-order valence-corrected chi connectivity index (χ4v) is 1.96. The van der Waals surface area contributed by atoms with Crippen molar-refractivity contribution >= 4 is 5.97 Å². The summed E-state index contributed by atoms with van der Waals surface area (Å²) in [4.78, 5) is 14.9. The van der Waals surface area contributed by atoms with E-state index >= 15 is 0 Å². The molecule has 1 aliphatic rings. The van der Waals surface area contributed by atoms with Crippen LogP contribution in [0.15, 0.2) is 4.42 Å². The topological polar surface area (TPSA) is 89.3 Å². The van der Waals surface area contributed by atoms with Gasteiger partial charge in [0, 0.05) is 6.42 Å². The highest BCUT2D eigenvalue weighted by molar-refractivity contribution is 5.73. The molecule has 0 radical (unpaired) electrons. The Balaban J connectivity index is 2.10. The lowest BCUT2D eigenvalue weighted by molar-refractivity contribution is -0.138. The quantitative estimate of drug-likeness (QED) is 0.791. The maximum Gasteiger partial charge on any atom is 0.321 e. The van der Waals surface area contributed by atoms with Gasteiger partial charge in [-0.25, -0.2) is 4.98 Å². The Kier molecular flexibility index (Phi) is 2.96. The zero-order valence-electron chi connectivity index (χ0n) is 9.27. The van der Waals surface area contributed by atoms with E-state index in [1.54, 1.807) is 0 Å². The lowest BCUT2D eigenvalue weighted by atomic mass is 9.92. The molecule has 0 fully saturated rings. The SMILES string of the molecule is CC1CCc2oc(C[C@H](N)C(=O)O)nc2C1. The van der Waals surface area contributed by atoms with Gasteiger partial charge in [-0.05, 0) is 18.8 Å². The van der Waals surface area contributed by atoms with Crippen LogP contribution in [0, 0.1) is 5.92 Å². The second-order valence-corrected chi connectivity index (χ2v) is 4.47. The van der Waals surface area contributed by atoms with Gasteiger partial charge in [-0.15, -0.1) is 0 Å². The lowest BCUT2D eigenvalue weighted by Gasteiger charge is -2.14. The van der Waals surface area contributed by atoms with Gasteiger partial charge >= 0.3 is 5.97 Å². The monoisotopic (exact) mass is 224 g/mol. The van der Waals surface area contributed by atoms with Gasteiger partial charge in [0.2, 0.25) is 0 Å². The minimum atomic E-state index is -1.02. The first-order chi connectivity index (χ1) is 7.56. The standard InChI is InChI=1S/C11H16N2O3/c1-6-2-3-9-8(4-6)13-10(16-9)5-7(12)11(14)15/h6-7H,2-5,12H2,1H3,(H,14,15)/t6?,7-/m0/s1. The fourth-order valence-electron chi connectivity index (χ4n) is 1.96. The number of aryl methyl sites for hydroxylation is 1. The molecule has 0 amide bonds. The van der Waals surface area contributed by atoms with Crippen LogP contribution in [0.2, 0.25) is 0 Å². The molecule has 5 heteroatoms. The van der Waals surface area contributed by atoms with E-state index in [1.165, 1.54) is 0 Å². The van der Waals surface area contributed by atoms with E-state index < -0.39 is 12.0 Å². The van der Waals surface area contributed by atoms with Crippen molar-refractivity contribution in [2.75, 3.05) is 0 Å². The predicted molar refractivity (Wildman–Crippen MR) is 57.0 cm³/mol. The number of carboxylic acid groups (broad SMARTS) is 1. The maximum atomic E-state index is 10.6. The van der Waals surface area contributed by atoms with Crippen molar-refractivity contribution in [1.82, 2.24) is 4.98 Å². The van der Waals surface area contributed by atoms with Crippen molar-refractivity contribution in [2.24, 2.45) is 11.7 Å². The summed E-state index contributed by atoms with van der Waals surface area (Å²) >= 11 is 0. The minimum Gasteiger partial charge on any atom is -0.480 e. The Hall–Kier alpha value is -1.36. The van der Waals surface area contributed by atoms with Crippen LogP contribution in [-0.2, 0) is 24.1 Å². The second-order valence-electron chi connectivity index (χ2n) is 4.47. The Morgan fingerprint density at radius 3 is 3.19 bits per heavy atom. The van der Waals surface area contributed by atoms with Crippen LogP contribution in [0.1, 0.15) is 30.7 Å². The van der Waals surface area contributed by atoms with E-state index in [0.29, 0.717) is 11.8 Å². The first-order valence-electron chi connectivity index (χ1n) is 5.52. The van der Waals surface area contributed by atoms with E-state index in [0.717, 1.165) is 30.7 Å². The number of aliphatic carboxylic acids is 1. The highest BCUT2D eigenvalue weighted by Crippen LogP contribution is 2.25. The highest BCUT2D eigenvalue weighted by Gasteiger charge is 2.23. The van der Waals surface area contributed by atoms with Crippen LogP contribution in [0.4, 0.5) is 0 Å². The highest BCUT2D eigenvalue weighted by atomic mass is 16.4. The van der Waals surface area contributed by atoms with Crippen molar-refractivity contribution < 1.29 is 14.3 Å². The van der Waals surface area contributed by atoms with E-state index in [4.69, 9.17) is 15.3 Å². The lowest BCUT2D eigenvalue weighted by Crippen LogP contribution is -2.32. The molecular weight excluding hydrogens is 208 g/mol. The number of rotatable bonds is 3. The van der Waals surface area contributed by atoms with Crippen LogP contribution < -0.4 is 5.73 Å². The van der Waals surface area contributed by atoms with Crippen molar-refractivity contribution in [3.05, 3.63) is 17.3 Å². The normalized spacial score (nSPS) is 21.5. The van der Waals surface area contributed by atoms with Gasteiger partial charge in [0.05, 0.1) is 12.1 Å². The van der Waals surface area contributed by atoms with Crippen LogP contribution in [0.25, 0.3) is 0 Å². The van der Waals surface area contributed by atoms with Crippen LogP contribution in [0.3, 0.4) is 0 Å². The van der Waals surface area contributed by atoms with Gasteiger partial charge in [0.25, 0.3) is 0 Å². The van der Waals surface area contributed by atoms with Gasteiger partial charge in [-0.1, -0.05) is 6.92 Å². The summed E-state index contributed by atoms with van der Waals surface area (Å²) in [5.41, 5.74) is 6.41. The third-order valence-electron chi connectivity index (χ3n) is 2.94. The Morgan fingerprint density at radius 1 is 1.75 bits per heavy atom. The molecule has 16 heavy (non-hydrogen) atoms. The summed E-state index contributed by atoms with van der Waals surface area (Å²) in [6.07, 6.45) is 3.08. The average Bonchev–Trinajstić information content (AvgIpc) is 2.58. The molecule has 0 spiro atoms. The molecule has 0 aromatic carbocycles. The molecule has 2 rings (SSSR count). The van der Waals surface area contributed by atoms with Crippen molar-refractivity contribution in [3.8, 4) is 0 Å². The smallest absolute Gasteiger partial charge is 0.321 e. The number of hydrogen-bond donors (Lipinski definition) is 2. The summed E-state index contributed by atoms with van der Waals surface area (Å²) in [5, 5.41) is 8.69. The molecular formula is C11H16N2O3. The van der Waals surface area contributed by atoms with Gasteiger partial charge in [-0.2, -0.15) is 0 Å². The first kappa shape index (κ1) is 11.1. The summed E-state index contributed by atoms with van der Waals surface area (Å²) in [6, 6.07) is -0.933. The molecule has 0 bridgehead atoms. The summed E-state index contributed by atoms with van der Waals surface area (Å²) < 4.78 is 5.52. The van der Waals surface area contributed by atoms with Crippen molar-refractivity contribution in [1.29, 1.82) is 0 Å². The van der Waals surface area contributed by atoms with Gasteiger partial charge in [0.1, 0.15) is 11.8 Å². The van der Waals surface area contributed by atoms with E-state index in [2.05, 4.69) is 11.9 Å². The number of nitrogens with zero attached hydrogens (tertiary/aromatic N) is 1. The fraction of sp³-hybridized carbons (Fsp3) is 0.636. The molecule has 1 unspecified atom stereocenters. The molecule has 1 aliphatic carbocycles. The molecule has 5 nitrogen and oxygen atoms in total. The van der Waals surface area contributed by atoms with Crippen molar-refractivity contribution in [3.63, 3.8) is 0 Å². The average molecular weight is 224 g/mol. The minimum absolute atomic E-state index is 0.163. The Labute approximate surface area is 93.7 Å². The maximum absolute atomic E-state index is 10.6. The third kappa shape index (κ3) is 2.24. The molecule has 2 atom stereocenters. The summed E-state index contributed by atoms with van der Waals surface area (Å²) in [6.45, 7) is 2.18. The first-order valence-corrected chi connectivity index (χ1v) is 5.52. The molecule has 1 aromatic rings. The van der Waals surface area contributed by atoms with Gasteiger partial charge in [0.15, 0.2) is 5.89 Å². The second kappa shape index (κ2) is 4.25. The number of carbonyl (C=O) groups is 1. The zero-order valence-corrected chi connectivity index (χ0v) is 9.27. The van der Waals surface area contributed by atoms with Crippen LogP contribution in [-0.4, -0.2) is 22.1 Å². The molecule has 88 valence electrons.